The van der Waals surface area contributed by atoms with Gasteiger partial charge in [-0.2, -0.15) is 5.26 Å². The predicted molar refractivity (Wildman–Crippen MR) is 178 cm³/mol. The van der Waals surface area contributed by atoms with Crippen LogP contribution >= 0.6 is 23.2 Å². The summed E-state index contributed by atoms with van der Waals surface area (Å²) in [5.41, 5.74) is 4.29. The molecule has 0 radical (unpaired) electrons. The van der Waals surface area contributed by atoms with Crippen molar-refractivity contribution in [2.75, 3.05) is 23.7 Å². The van der Waals surface area contributed by atoms with Crippen molar-refractivity contribution in [3.8, 4) is 6.07 Å². The molecule has 1 aliphatic heterocycles. The van der Waals surface area contributed by atoms with Gasteiger partial charge in [0, 0.05) is 45.9 Å². The van der Waals surface area contributed by atoms with Gasteiger partial charge in [-0.25, -0.2) is 9.07 Å². The van der Waals surface area contributed by atoms with E-state index < -0.39 is 11.9 Å². The number of likely N-dealkylation sites (tertiary alicyclic amines) is 1. The number of pyridine rings is 1. The average molecular weight is 644 g/mol. The molecule has 45 heavy (non-hydrogen) atoms. The molecule has 1 atom stereocenters. The number of nitrogens with zero attached hydrogens (tertiary/aromatic N) is 6. The summed E-state index contributed by atoms with van der Waals surface area (Å²) in [6, 6.07) is 19.2. The molecule has 3 aromatic carbocycles. The van der Waals surface area contributed by atoms with Crippen LogP contribution < -0.4 is 10.6 Å². The molecule has 8 nitrogen and oxygen atoms in total. The zero-order valence-electron chi connectivity index (χ0n) is 25.2. The minimum atomic E-state index is -0.413. The SMILES string of the molecule is CC(C)(C)N1CCC(n2cc([C@@H](Nc3cc(Cl)cc4c(Nc5cccc(F)c5)c(C#N)cnc34)c3ccc(Cl)cc3)nn2)CC1. The number of fused-ring (bicyclic) bond motifs is 1. The maximum atomic E-state index is 14.0. The molecule has 6 rings (SSSR count). The first-order chi connectivity index (χ1) is 21.6. The van der Waals surface area contributed by atoms with E-state index in [1.807, 2.05) is 35.1 Å². The summed E-state index contributed by atoms with van der Waals surface area (Å²) in [6.07, 6.45) is 5.49. The fraction of sp³-hybridized carbons (Fsp3) is 0.294. The van der Waals surface area contributed by atoms with Crippen LogP contribution in [0.2, 0.25) is 10.0 Å². The Morgan fingerprint density at radius 2 is 1.78 bits per heavy atom. The van der Waals surface area contributed by atoms with Crippen molar-refractivity contribution < 1.29 is 4.39 Å². The molecular formula is C34H33Cl2FN8. The Labute approximate surface area is 271 Å². The third-order valence-electron chi connectivity index (χ3n) is 8.26. The molecule has 230 valence electrons. The van der Waals surface area contributed by atoms with E-state index in [2.05, 4.69) is 57.7 Å². The monoisotopic (exact) mass is 642 g/mol. The van der Waals surface area contributed by atoms with Crippen LogP contribution in [0.4, 0.5) is 21.5 Å². The van der Waals surface area contributed by atoms with Crippen LogP contribution in [-0.2, 0) is 0 Å². The lowest BCUT2D eigenvalue weighted by molar-refractivity contribution is 0.0866. The second-order valence-electron chi connectivity index (χ2n) is 12.3. The van der Waals surface area contributed by atoms with E-state index in [9.17, 15) is 9.65 Å². The van der Waals surface area contributed by atoms with Gasteiger partial charge < -0.3 is 10.6 Å². The van der Waals surface area contributed by atoms with Crippen LogP contribution in [-0.4, -0.2) is 43.5 Å². The highest BCUT2D eigenvalue weighted by Crippen LogP contribution is 2.38. The summed E-state index contributed by atoms with van der Waals surface area (Å²) in [5, 5.41) is 27.6. The third kappa shape index (κ3) is 6.74. The van der Waals surface area contributed by atoms with Crippen LogP contribution in [0.15, 0.2) is 73.1 Å². The Morgan fingerprint density at radius 1 is 1.02 bits per heavy atom. The molecule has 0 aliphatic carbocycles. The predicted octanol–water partition coefficient (Wildman–Crippen LogP) is 8.52. The van der Waals surface area contributed by atoms with Crippen molar-refractivity contribution in [1.82, 2.24) is 24.9 Å². The average Bonchev–Trinajstić information content (AvgIpc) is 3.50. The minimum Gasteiger partial charge on any atom is -0.371 e. The Balaban J connectivity index is 1.37. The highest BCUT2D eigenvalue weighted by Gasteiger charge is 2.29. The third-order valence-corrected chi connectivity index (χ3v) is 8.73. The van der Waals surface area contributed by atoms with E-state index in [0.717, 1.165) is 37.2 Å². The van der Waals surface area contributed by atoms with E-state index in [-0.39, 0.29) is 11.6 Å². The van der Waals surface area contributed by atoms with Crippen LogP contribution in [0, 0.1) is 17.1 Å². The Morgan fingerprint density at radius 3 is 2.47 bits per heavy atom. The van der Waals surface area contributed by atoms with Crippen molar-refractivity contribution >= 4 is 51.2 Å². The highest BCUT2D eigenvalue weighted by atomic mass is 35.5. The molecule has 11 heteroatoms. The fourth-order valence-electron chi connectivity index (χ4n) is 5.85. The standard InChI is InChI=1S/C34H33Cl2FN8/c1-34(2,3)44-13-11-27(12-14-44)45-20-30(42-43-45)32(21-7-9-23(35)10-8-21)41-29-16-24(36)15-28-31(22(18-38)19-39-33(28)29)40-26-6-4-5-25(37)17-26/h4-10,15-17,19-20,27,32,41H,11-14H2,1-3H3,(H,39,40)/t32-/m0/s1. The first-order valence-electron chi connectivity index (χ1n) is 14.8. The quantitative estimate of drug-likeness (QED) is 0.184. The van der Waals surface area contributed by atoms with Gasteiger partial charge in [0.1, 0.15) is 17.6 Å². The number of hydrogen-bond acceptors (Lipinski definition) is 7. The van der Waals surface area contributed by atoms with Crippen LogP contribution in [0.1, 0.15) is 62.5 Å². The first-order valence-corrected chi connectivity index (χ1v) is 15.6. The van der Waals surface area contributed by atoms with Crippen LogP contribution in [0.25, 0.3) is 10.9 Å². The molecule has 1 saturated heterocycles. The number of halogens is 3. The number of rotatable bonds is 7. The van der Waals surface area contributed by atoms with Crippen LogP contribution in [0.3, 0.4) is 0 Å². The normalized spacial score (nSPS) is 15.1. The van der Waals surface area contributed by atoms with Gasteiger partial charge in [-0.05, 0) is 81.6 Å². The topological polar surface area (TPSA) is 94.7 Å². The molecule has 0 unspecified atom stereocenters. The summed E-state index contributed by atoms with van der Waals surface area (Å²) < 4.78 is 16.0. The van der Waals surface area contributed by atoms with Gasteiger partial charge in [-0.15, -0.1) is 5.10 Å². The van der Waals surface area contributed by atoms with Gasteiger partial charge in [0.15, 0.2) is 0 Å². The molecule has 2 aromatic heterocycles. The van der Waals surface area contributed by atoms with Gasteiger partial charge in [-0.3, -0.25) is 9.88 Å². The Bertz CT molecular complexity index is 1870. The van der Waals surface area contributed by atoms with Crippen molar-refractivity contribution in [3.05, 3.63) is 106 Å². The Kier molecular flexibility index (Phi) is 8.65. The fourth-order valence-corrected chi connectivity index (χ4v) is 6.19. The van der Waals surface area contributed by atoms with Gasteiger partial charge in [0.25, 0.3) is 0 Å². The number of anilines is 3. The molecule has 5 aromatic rings. The first kappa shape index (κ1) is 30.8. The molecule has 1 aliphatic rings. The molecule has 0 saturated carbocycles. The molecular weight excluding hydrogens is 610 g/mol. The summed E-state index contributed by atoms with van der Waals surface area (Å²) >= 11 is 12.9. The molecule has 0 spiro atoms. The number of nitrogens with one attached hydrogen (secondary N) is 2. The number of aromatic nitrogens is 4. The largest absolute Gasteiger partial charge is 0.371 e. The molecule has 2 N–H and O–H groups in total. The molecule has 3 heterocycles. The summed E-state index contributed by atoms with van der Waals surface area (Å²) in [6.45, 7) is 8.75. The van der Waals surface area contributed by atoms with Crippen molar-refractivity contribution in [2.24, 2.45) is 0 Å². The van der Waals surface area contributed by atoms with Crippen LogP contribution in [0.5, 0.6) is 0 Å². The maximum absolute atomic E-state index is 14.0. The summed E-state index contributed by atoms with van der Waals surface area (Å²) in [5.74, 6) is -0.393. The second kappa shape index (κ2) is 12.6. The highest BCUT2D eigenvalue weighted by molar-refractivity contribution is 6.32. The van der Waals surface area contributed by atoms with E-state index >= 15 is 0 Å². The van der Waals surface area contributed by atoms with Gasteiger partial charge in [0.2, 0.25) is 0 Å². The lowest BCUT2D eigenvalue weighted by Gasteiger charge is -2.40. The minimum absolute atomic E-state index is 0.135. The second-order valence-corrected chi connectivity index (χ2v) is 13.2. The van der Waals surface area contributed by atoms with Gasteiger partial charge in [-0.1, -0.05) is 46.6 Å². The smallest absolute Gasteiger partial charge is 0.125 e. The maximum Gasteiger partial charge on any atom is 0.125 e. The zero-order valence-corrected chi connectivity index (χ0v) is 26.7. The van der Waals surface area contributed by atoms with Crippen molar-refractivity contribution in [2.45, 2.75) is 51.2 Å². The number of piperidine rings is 1. The molecule has 0 amide bonds. The van der Waals surface area contributed by atoms with E-state index in [1.165, 1.54) is 18.3 Å². The van der Waals surface area contributed by atoms with E-state index in [4.69, 9.17) is 23.2 Å². The number of benzene rings is 3. The number of nitriles is 1. The summed E-state index contributed by atoms with van der Waals surface area (Å²) in [7, 11) is 0. The molecule has 0 bridgehead atoms. The zero-order chi connectivity index (χ0) is 31.7. The van der Waals surface area contributed by atoms with E-state index in [1.54, 1.807) is 24.3 Å². The lowest BCUT2D eigenvalue weighted by Crippen LogP contribution is -2.46. The van der Waals surface area contributed by atoms with E-state index in [0.29, 0.717) is 43.6 Å². The van der Waals surface area contributed by atoms with Crippen molar-refractivity contribution in [3.63, 3.8) is 0 Å². The van der Waals surface area contributed by atoms with Crippen molar-refractivity contribution in [1.29, 1.82) is 5.26 Å². The Hall–Kier alpha value is -4.23. The lowest BCUT2D eigenvalue weighted by atomic mass is 9.98. The number of hydrogen-bond donors (Lipinski definition) is 2. The molecule has 1 fully saturated rings. The van der Waals surface area contributed by atoms with Gasteiger partial charge >= 0.3 is 0 Å². The summed E-state index contributed by atoms with van der Waals surface area (Å²) in [4.78, 5) is 7.15. The van der Waals surface area contributed by atoms with Gasteiger partial charge in [0.05, 0.1) is 40.7 Å².